The zero-order valence-corrected chi connectivity index (χ0v) is 20.6. The molecule has 5 rings (SSSR count). The number of fused-ring (bicyclic) bond motifs is 1. The van der Waals surface area contributed by atoms with Crippen molar-refractivity contribution in [3.63, 3.8) is 0 Å². The van der Waals surface area contributed by atoms with Gasteiger partial charge in [-0.25, -0.2) is 0 Å². The summed E-state index contributed by atoms with van der Waals surface area (Å²) in [5.74, 6) is -0.00814. The van der Waals surface area contributed by atoms with Gasteiger partial charge in [-0.15, -0.1) is 11.3 Å². The number of anilines is 2. The van der Waals surface area contributed by atoms with Crippen LogP contribution in [-0.4, -0.2) is 53.1 Å². The molecular weight excluding hydrogens is 458 g/mol. The van der Waals surface area contributed by atoms with Gasteiger partial charge in [-0.1, -0.05) is 30.3 Å². The fourth-order valence-electron chi connectivity index (χ4n) is 4.34. The molecule has 1 aliphatic rings. The highest BCUT2D eigenvalue weighted by Crippen LogP contribution is 2.28. The molecule has 2 aromatic heterocycles. The molecule has 2 amide bonds. The first-order valence-corrected chi connectivity index (χ1v) is 12.5. The molecule has 8 heteroatoms. The third-order valence-electron chi connectivity index (χ3n) is 6.36. The standard InChI is InChI=1S/C27H27N5O2S/c1-18-11-16-35-26(18)27(34)28-25-17-21(32-14-12-31(13-15-32)19(2)33)9-7-20(25)8-10-24-22-5-3-4-6-23(22)29-30-24/h3-11,16-17H,12-15H2,1-2H3,(H,28,34)(H,29,30). The second kappa shape index (κ2) is 9.76. The van der Waals surface area contributed by atoms with Gasteiger partial charge >= 0.3 is 0 Å². The first-order chi connectivity index (χ1) is 17.0. The van der Waals surface area contributed by atoms with Gasteiger partial charge in [-0.2, -0.15) is 5.10 Å². The van der Waals surface area contributed by atoms with Crippen molar-refractivity contribution in [2.24, 2.45) is 0 Å². The highest BCUT2D eigenvalue weighted by atomic mass is 32.1. The number of aromatic nitrogens is 2. The summed E-state index contributed by atoms with van der Waals surface area (Å²) in [6, 6.07) is 16.1. The normalized spacial score (nSPS) is 14.1. The Hall–Kier alpha value is -3.91. The van der Waals surface area contributed by atoms with Gasteiger partial charge in [0.25, 0.3) is 5.91 Å². The lowest BCUT2D eigenvalue weighted by Crippen LogP contribution is -2.48. The lowest BCUT2D eigenvalue weighted by atomic mass is 10.1. The van der Waals surface area contributed by atoms with Crippen LogP contribution in [0.3, 0.4) is 0 Å². The van der Waals surface area contributed by atoms with Crippen LogP contribution in [0.25, 0.3) is 23.1 Å². The summed E-state index contributed by atoms with van der Waals surface area (Å²) in [4.78, 5) is 29.6. The first-order valence-electron chi connectivity index (χ1n) is 11.6. The van der Waals surface area contributed by atoms with Crippen LogP contribution < -0.4 is 10.2 Å². The van der Waals surface area contributed by atoms with Gasteiger partial charge in [0.15, 0.2) is 0 Å². The van der Waals surface area contributed by atoms with Crippen molar-refractivity contribution in [2.45, 2.75) is 13.8 Å². The number of amides is 2. The van der Waals surface area contributed by atoms with E-state index >= 15 is 0 Å². The molecule has 35 heavy (non-hydrogen) atoms. The maximum atomic E-state index is 13.1. The van der Waals surface area contributed by atoms with E-state index in [4.69, 9.17) is 0 Å². The van der Waals surface area contributed by atoms with Crippen molar-refractivity contribution in [1.82, 2.24) is 15.1 Å². The highest BCUT2D eigenvalue weighted by molar-refractivity contribution is 7.12. The SMILES string of the molecule is CC(=O)N1CCN(c2ccc(C=Cc3n[nH]c4ccccc34)c(NC(=O)c3sccc3C)c2)CC1. The molecule has 0 radical (unpaired) electrons. The van der Waals surface area contributed by atoms with Crippen molar-refractivity contribution in [3.05, 3.63) is 75.6 Å². The second-order valence-corrected chi connectivity index (χ2v) is 9.56. The number of piperazine rings is 1. The molecule has 2 N–H and O–H groups in total. The number of nitrogens with zero attached hydrogens (tertiary/aromatic N) is 3. The second-order valence-electron chi connectivity index (χ2n) is 8.64. The average Bonchev–Trinajstić information content (AvgIpc) is 3.49. The third-order valence-corrected chi connectivity index (χ3v) is 7.38. The van der Waals surface area contributed by atoms with Gasteiger partial charge in [0.1, 0.15) is 0 Å². The maximum absolute atomic E-state index is 13.1. The Morgan fingerprint density at radius 3 is 2.60 bits per heavy atom. The van der Waals surface area contributed by atoms with E-state index in [0.717, 1.165) is 52.2 Å². The van der Waals surface area contributed by atoms with Gasteiger partial charge in [0, 0.05) is 44.2 Å². The number of benzene rings is 2. The predicted molar refractivity (Wildman–Crippen MR) is 143 cm³/mol. The molecular formula is C27H27N5O2S. The first kappa shape index (κ1) is 22.9. The number of hydrogen-bond acceptors (Lipinski definition) is 5. The van der Waals surface area contributed by atoms with Crippen LogP contribution in [0.4, 0.5) is 11.4 Å². The maximum Gasteiger partial charge on any atom is 0.266 e. The van der Waals surface area contributed by atoms with Crippen LogP contribution in [0.2, 0.25) is 0 Å². The number of H-pyrrole nitrogens is 1. The van der Waals surface area contributed by atoms with E-state index in [1.54, 1.807) is 6.92 Å². The van der Waals surface area contributed by atoms with Crippen molar-refractivity contribution in [1.29, 1.82) is 0 Å². The molecule has 0 atom stereocenters. The quantitative estimate of drug-likeness (QED) is 0.416. The van der Waals surface area contributed by atoms with Crippen LogP contribution in [0.15, 0.2) is 53.9 Å². The van der Waals surface area contributed by atoms with Gasteiger partial charge < -0.3 is 15.1 Å². The number of para-hydroxylation sites is 1. The van der Waals surface area contributed by atoms with E-state index in [9.17, 15) is 9.59 Å². The molecule has 7 nitrogen and oxygen atoms in total. The molecule has 178 valence electrons. The third kappa shape index (κ3) is 4.83. The number of nitrogens with one attached hydrogen (secondary N) is 2. The predicted octanol–water partition coefficient (Wildman–Crippen LogP) is 5.02. The summed E-state index contributed by atoms with van der Waals surface area (Å²) in [7, 11) is 0. The summed E-state index contributed by atoms with van der Waals surface area (Å²) in [6.07, 6.45) is 3.95. The molecule has 0 aliphatic carbocycles. The molecule has 0 unspecified atom stereocenters. The molecule has 1 saturated heterocycles. The number of aryl methyl sites for hydroxylation is 1. The van der Waals surface area contributed by atoms with Crippen molar-refractivity contribution in [3.8, 4) is 0 Å². The topological polar surface area (TPSA) is 81.3 Å². The fraction of sp³-hybridized carbons (Fsp3) is 0.222. The Morgan fingerprint density at radius 2 is 1.86 bits per heavy atom. The summed E-state index contributed by atoms with van der Waals surface area (Å²) >= 11 is 1.44. The highest BCUT2D eigenvalue weighted by Gasteiger charge is 2.20. The average molecular weight is 486 g/mol. The Kier molecular flexibility index (Phi) is 6.37. The number of hydrogen-bond donors (Lipinski definition) is 2. The Morgan fingerprint density at radius 1 is 1.06 bits per heavy atom. The van der Waals surface area contributed by atoms with Crippen molar-refractivity contribution in [2.75, 3.05) is 36.4 Å². The Labute approximate surface area is 208 Å². The Balaban J connectivity index is 1.45. The van der Waals surface area contributed by atoms with E-state index in [1.807, 2.05) is 71.8 Å². The fourth-order valence-corrected chi connectivity index (χ4v) is 5.16. The zero-order valence-electron chi connectivity index (χ0n) is 19.7. The van der Waals surface area contributed by atoms with Crippen LogP contribution in [0.5, 0.6) is 0 Å². The Bertz CT molecular complexity index is 1410. The van der Waals surface area contributed by atoms with Crippen molar-refractivity contribution >= 4 is 57.6 Å². The lowest BCUT2D eigenvalue weighted by molar-refractivity contribution is -0.129. The van der Waals surface area contributed by atoms with E-state index in [2.05, 4.69) is 26.5 Å². The van der Waals surface area contributed by atoms with Gasteiger partial charge in [0.05, 0.1) is 21.8 Å². The van der Waals surface area contributed by atoms with E-state index in [0.29, 0.717) is 18.0 Å². The van der Waals surface area contributed by atoms with Crippen molar-refractivity contribution < 1.29 is 9.59 Å². The van der Waals surface area contributed by atoms with Gasteiger partial charge in [0.2, 0.25) is 5.91 Å². The van der Waals surface area contributed by atoms with E-state index in [-0.39, 0.29) is 11.8 Å². The molecule has 0 spiro atoms. The number of thiophene rings is 1. The largest absolute Gasteiger partial charge is 0.368 e. The van der Waals surface area contributed by atoms with Crippen LogP contribution in [0, 0.1) is 6.92 Å². The van der Waals surface area contributed by atoms with Gasteiger partial charge in [-0.3, -0.25) is 14.7 Å². The smallest absolute Gasteiger partial charge is 0.266 e. The number of rotatable bonds is 5. The van der Waals surface area contributed by atoms with Crippen LogP contribution in [-0.2, 0) is 4.79 Å². The molecule has 0 bridgehead atoms. The summed E-state index contributed by atoms with van der Waals surface area (Å²) in [5.41, 5.74) is 5.44. The van der Waals surface area contributed by atoms with Gasteiger partial charge in [-0.05, 0) is 53.8 Å². The molecule has 1 aliphatic heterocycles. The van der Waals surface area contributed by atoms with E-state index < -0.39 is 0 Å². The molecule has 2 aromatic carbocycles. The number of carbonyl (C=O) groups is 2. The lowest BCUT2D eigenvalue weighted by Gasteiger charge is -2.36. The number of carbonyl (C=O) groups excluding carboxylic acids is 2. The monoisotopic (exact) mass is 485 g/mol. The molecule has 1 fully saturated rings. The van der Waals surface area contributed by atoms with Crippen LogP contribution in [0.1, 0.15) is 33.4 Å². The minimum absolute atomic E-state index is 0.107. The summed E-state index contributed by atoms with van der Waals surface area (Å²) in [5, 5.41) is 13.6. The summed E-state index contributed by atoms with van der Waals surface area (Å²) < 4.78 is 0. The van der Waals surface area contributed by atoms with Crippen LogP contribution >= 0.6 is 11.3 Å². The molecule has 0 saturated carbocycles. The molecule has 3 heterocycles. The minimum atomic E-state index is -0.115. The number of aromatic amines is 1. The minimum Gasteiger partial charge on any atom is -0.368 e. The van der Waals surface area contributed by atoms with E-state index in [1.165, 1.54) is 11.3 Å². The molecule has 4 aromatic rings. The summed E-state index contributed by atoms with van der Waals surface area (Å²) in [6.45, 7) is 6.45. The zero-order chi connectivity index (χ0) is 24.4.